The molecule has 0 fully saturated rings. The predicted molar refractivity (Wildman–Crippen MR) is 55.4 cm³/mol. The molecule has 0 spiro atoms. The van der Waals surface area contributed by atoms with Crippen molar-refractivity contribution in [3.8, 4) is 0 Å². The highest BCUT2D eigenvalue weighted by Crippen LogP contribution is 2.23. The average molecular weight is 255 g/mol. The average Bonchev–Trinajstić information content (AvgIpc) is 2.90. The van der Waals surface area contributed by atoms with E-state index in [-0.39, 0.29) is 10.9 Å². The fraction of sp³-hybridized carbons (Fsp3) is 0.375. The van der Waals surface area contributed by atoms with Gasteiger partial charge in [-0.3, -0.25) is 0 Å². The number of aromatic nitrogens is 5. The molecule has 90 valence electrons. The van der Waals surface area contributed by atoms with E-state index in [2.05, 4.69) is 20.5 Å². The monoisotopic (exact) mass is 255 g/mol. The van der Waals surface area contributed by atoms with Crippen molar-refractivity contribution in [3.63, 3.8) is 0 Å². The van der Waals surface area contributed by atoms with Gasteiger partial charge in [0.25, 0.3) is 5.22 Å². The standard InChI is InChI=1S/C8H9N5O3S/c1-3-15-6(14)5-4-16-8(9-5)17-7-10-11-12-13(7)2/h4H,3H2,1-2H3. The lowest BCUT2D eigenvalue weighted by atomic mass is 10.5. The largest absolute Gasteiger partial charge is 0.461 e. The number of hydrogen-bond acceptors (Lipinski definition) is 8. The first kappa shape index (κ1) is 11.6. The highest BCUT2D eigenvalue weighted by atomic mass is 32.2. The van der Waals surface area contributed by atoms with E-state index in [9.17, 15) is 4.79 Å². The summed E-state index contributed by atoms with van der Waals surface area (Å²) in [5.74, 6) is -0.515. The van der Waals surface area contributed by atoms with Gasteiger partial charge in [0, 0.05) is 18.8 Å². The van der Waals surface area contributed by atoms with Gasteiger partial charge in [0.05, 0.1) is 6.61 Å². The van der Waals surface area contributed by atoms with E-state index < -0.39 is 5.97 Å². The second kappa shape index (κ2) is 4.95. The molecule has 0 aliphatic heterocycles. The molecule has 0 aromatic carbocycles. The lowest BCUT2D eigenvalue weighted by Crippen LogP contribution is -2.04. The van der Waals surface area contributed by atoms with Crippen molar-refractivity contribution >= 4 is 17.7 Å². The van der Waals surface area contributed by atoms with Gasteiger partial charge in [-0.2, -0.15) is 4.98 Å². The third-order valence-corrected chi connectivity index (χ3v) is 2.62. The molecule has 0 radical (unpaired) electrons. The number of hydrogen-bond donors (Lipinski definition) is 0. The minimum atomic E-state index is -0.515. The molecule has 2 aromatic heterocycles. The van der Waals surface area contributed by atoms with Gasteiger partial charge >= 0.3 is 5.97 Å². The minimum absolute atomic E-state index is 0.129. The van der Waals surface area contributed by atoms with Crippen molar-refractivity contribution < 1.29 is 13.9 Å². The maximum absolute atomic E-state index is 11.3. The Morgan fingerprint density at radius 3 is 3.12 bits per heavy atom. The van der Waals surface area contributed by atoms with Crippen molar-refractivity contribution in [2.24, 2.45) is 7.05 Å². The predicted octanol–water partition coefficient (Wildman–Crippen LogP) is 0.526. The Labute approximate surface area is 100 Å². The zero-order valence-corrected chi connectivity index (χ0v) is 9.97. The summed E-state index contributed by atoms with van der Waals surface area (Å²) >= 11 is 1.12. The molecule has 8 nitrogen and oxygen atoms in total. The number of esters is 1. The van der Waals surface area contributed by atoms with Crippen LogP contribution in [-0.4, -0.2) is 37.8 Å². The fourth-order valence-corrected chi connectivity index (χ4v) is 1.63. The number of oxazole rings is 1. The quantitative estimate of drug-likeness (QED) is 0.730. The van der Waals surface area contributed by atoms with Crippen LogP contribution in [0.1, 0.15) is 17.4 Å². The Bertz CT molecular complexity index is 523. The van der Waals surface area contributed by atoms with E-state index >= 15 is 0 Å². The van der Waals surface area contributed by atoms with Crippen LogP contribution in [0, 0.1) is 0 Å². The Hall–Kier alpha value is -1.90. The van der Waals surface area contributed by atoms with Gasteiger partial charge in [-0.1, -0.05) is 0 Å². The Morgan fingerprint density at radius 1 is 1.65 bits per heavy atom. The Morgan fingerprint density at radius 2 is 2.47 bits per heavy atom. The molecule has 2 heterocycles. The molecule has 0 saturated heterocycles. The van der Waals surface area contributed by atoms with Crippen molar-refractivity contribution in [1.29, 1.82) is 0 Å². The first-order valence-electron chi connectivity index (χ1n) is 4.73. The van der Waals surface area contributed by atoms with Crippen LogP contribution >= 0.6 is 11.8 Å². The molecule has 0 aliphatic carbocycles. The van der Waals surface area contributed by atoms with Gasteiger partial charge in [0.1, 0.15) is 6.26 Å². The summed E-state index contributed by atoms with van der Waals surface area (Å²) in [5.41, 5.74) is 0.129. The van der Waals surface area contributed by atoms with E-state index in [4.69, 9.17) is 9.15 Å². The smallest absolute Gasteiger partial charge is 0.360 e. The molecule has 0 bridgehead atoms. The van der Waals surface area contributed by atoms with Crippen LogP contribution in [0.2, 0.25) is 0 Å². The summed E-state index contributed by atoms with van der Waals surface area (Å²) in [7, 11) is 1.69. The molecular weight excluding hydrogens is 246 g/mol. The Balaban J connectivity index is 2.09. The highest BCUT2D eigenvalue weighted by molar-refractivity contribution is 7.98. The number of aryl methyl sites for hydroxylation is 1. The normalized spacial score (nSPS) is 10.5. The lowest BCUT2D eigenvalue weighted by Gasteiger charge is -1.95. The fourth-order valence-electron chi connectivity index (χ4n) is 0.989. The molecule has 0 saturated carbocycles. The van der Waals surface area contributed by atoms with Crippen molar-refractivity contribution in [2.45, 2.75) is 17.3 Å². The second-order valence-electron chi connectivity index (χ2n) is 2.91. The summed E-state index contributed by atoms with van der Waals surface area (Å²) in [6, 6.07) is 0. The molecule has 2 rings (SSSR count). The van der Waals surface area contributed by atoms with E-state index in [1.165, 1.54) is 10.9 Å². The van der Waals surface area contributed by atoms with Gasteiger partial charge < -0.3 is 9.15 Å². The zero-order chi connectivity index (χ0) is 12.3. The summed E-state index contributed by atoms with van der Waals surface area (Å²) in [4.78, 5) is 15.3. The number of nitrogens with zero attached hydrogens (tertiary/aromatic N) is 5. The molecule has 0 unspecified atom stereocenters. The molecule has 2 aromatic rings. The second-order valence-corrected chi connectivity index (χ2v) is 3.82. The maximum atomic E-state index is 11.3. The van der Waals surface area contributed by atoms with E-state index in [1.807, 2.05) is 0 Å². The van der Waals surface area contributed by atoms with E-state index in [1.54, 1.807) is 14.0 Å². The van der Waals surface area contributed by atoms with Crippen LogP contribution in [-0.2, 0) is 11.8 Å². The van der Waals surface area contributed by atoms with Gasteiger partial charge in [-0.05, 0) is 17.4 Å². The van der Waals surface area contributed by atoms with Crippen LogP contribution in [0.4, 0.5) is 0 Å². The van der Waals surface area contributed by atoms with Crippen molar-refractivity contribution in [2.75, 3.05) is 6.61 Å². The minimum Gasteiger partial charge on any atom is -0.461 e. The highest BCUT2D eigenvalue weighted by Gasteiger charge is 2.15. The number of carbonyl (C=O) groups is 1. The van der Waals surface area contributed by atoms with Gasteiger partial charge in [0.2, 0.25) is 5.16 Å². The number of ether oxygens (including phenoxy) is 1. The molecular formula is C8H9N5O3S. The van der Waals surface area contributed by atoms with Gasteiger partial charge in [-0.25, -0.2) is 9.48 Å². The van der Waals surface area contributed by atoms with E-state index in [0.29, 0.717) is 11.8 Å². The van der Waals surface area contributed by atoms with Crippen molar-refractivity contribution in [3.05, 3.63) is 12.0 Å². The van der Waals surface area contributed by atoms with Crippen LogP contribution < -0.4 is 0 Å². The van der Waals surface area contributed by atoms with Crippen molar-refractivity contribution in [1.82, 2.24) is 25.2 Å². The third-order valence-electron chi connectivity index (χ3n) is 1.73. The zero-order valence-electron chi connectivity index (χ0n) is 9.15. The van der Waals surface area contributed by atoms with Crippen LogP contribution in [0.3, 0.4) is 0 Å². The Kier molecular flexibility index (Phi) is 3.38. The molecule has 17 heavy (non-hydrogen) atoms. The molecule has 9 heteroatoms. The maximum Gasteiger partial charge on any atom is 0.360 e. The summed E-state index contributed by atoms with van der Waals surface area (Å²) in [6.07, 6.45) is 1.24. The first-order valence-corrected chi connectivity index (χ1v) is 5.55. The molecule has 0 amide bonds. The van der Waals surface area contributed by atoms with Crippen LogP contribution in [0.5, 0.6) is 0 Å². The summed E-state index contributed by atoms with van der Waals surface area (Å²) in [5, 5.41) is 11.7. The molecule has 0 N–H and O–H groups in total. The first-order chi connectivity index (χ1) is 8.20. The lowest BCUT2D eigenvalue weighted by molar-refractivity contribution is 0.0519. The number of tetrazole rings is 1. The van der Waals surface area contributed by atoms with Crippen LogP contribution in [0.15, 0.2) is 21.1 Å². The van der Waals surface area contributed by atoms with Crippen LogP contribution in [0.25, 0.3) is 0 Å². The molecule has 0 atom stereocenters. The van der Waals surface area contributed by atoms with E-state index in [0.717, 1.165) is 11.8 Å². The van der Waals surface area contributed by atoms with Gasteiger partial charge in [0.15, 0.2) is 5.69 Å². The third kappa shape index (κ3) is 2.61. The molecule has 0 aliphatic rings. The summed E-state index contributed by atoms with van der Waals surface area (Å²) < 4.78 is 11.4. The number of carbonyl (C=O) groups excluding carboxylic acids is 1. The number of rotatable bonds is 4. The van der Waals surface area contributed by atoms with Gasteiger partial charge in [-0.15, -0.1) is 5.10 Å². The SMILES string of the molecule is CCOC(=O)c1coc(Sc2nnnn2C)n1. The summed E-state index contributed by atoms with van der Waals surface area (Å²) in [6.45, 7) is 2.01. The topological polar surface area (TPSA) is 95.9 Å².